The molecule has 0 aromatic carbocycles. The highest BCUT2D eigenvalue weighted by Crippen LogP contribution is 2.22. The first-order valence-corrected chi connectivity index (χ1v) is 9.28. The molecule has 1 amide bonds. The van der Waals surface area contributed by atoms with E-state index in [1.54, 1.807) is 17.9 Å². The summed E-state index contributed by atoms with van der Waals surface area (Å²) in [7, 11) is 4.96. The molecular formula is C18H27N5O3. The normalized spacial score (nSPS) is 15.5. The van der Waals surface area contributed by atoms with Crippen LogP contribution in [0.3, 0.4) is 0 Å². The topological polar surface area (TPSA) is 82.1 Å². The van der Waals surface area contributed by atoms with Crippen molar-refractivity contribution in [2.75, 3.05) is 7.05 Å². The van der Waals surface area contributed by atoms with Gasteiger partial charge in [0.15, 0.2) is 11.2 Å². The van der Waals surface area contributed by atoms with Crippen LogP contribution in [0.4, 0.5) is 0 Å². The van der Waals surface area contributed by atoms with Gasteiger partial charge in [-0.3, -0.25) is 18.7 Å². The van der Waals surface area contributed by atoms with Crippen molar-refractivity contribution in [3.8, 4) is 0 Å². The highest BCUT2D eigenvalue weighted by molar-refractivity contribution is 5.76. The molecule has 0 spiro atoms. The quantitative estimate of drug-likeness (QED) is 0.796. The molecule has 2 heterocycles. The van der Waals surface area contributed by atoms with E-state index in [9.17, 15) is 14.4 Å². The number of hydrogen-bond acceptors (Lipinski definition) is 4. The molecule has 1 aliphatic rings. The summed E-state index contributed by atoms with van der Waals surface area (Å²) in [5, 5.41) is 0. The van der Waals surface area contributed by atoms with Gasteiger partial charge in [-0.15, -0.1) is 0 Å². The van der Waals surface area contributed by atoms with Crippen molar-refractivity contribution < 1.29 is 4.79 Å². The van der Waals surface area contributed by atoms with Crippen LogP contribution in [-0.2, 0) is 25.4 Å². The fourth-order valence-electron chi connectivity index (χ4n) is 3.82. The highest BCUT2D eigenvalue weighted by Gasteiger charge is 2.21. The Morgan fingerprint density at radius 1 is 1.19 bits per heavy atom. The van der Waals surface area contributed by atoms with Crippen LogP contribution < -0.4 is 11.2 Å². The maximum absolute atomic E-state index is 12.4. The monoisotopic (exact) mass is 361 g/mol. The summed E-state index contributed by atoms with van der Waals surface area (Å²) in [5.74, 6) is 0.154. The summed E-state index contributed by atoms with van der Waals surface area (Å²) in [5.41, 5.74) is 0.0368. The second-order valence-corrected chi connectivity index (χ2v) is 7.22. The Labute approximate surface area is 152 Å². The number of carbonyl (C=O) groups is 1. The third kappa shape index (κ3) is 3.32. The van der Waals surface area contributed by atoms with E-state index < -0.39 is 5.69 Å². The molecule has 8 nitrogen and oxygen atoms in total. The van der Waals surface area contributed by atoms with Gasteiger partial charge in [0.25, 0.3) is 5.56 Å². The molecule has 0 saturated heterocycles. The Bertz CT molecular complexity index is 917. The predicted molar refractivity (Wildman–Crippen MR) is 99.1 cm³/mol. The van der Waals surface area contributed by atoms with Gasteiger partial charge < -0.3 is 9.47 Å². The predicted octanol–water partition coefficient (Wildman–Crippen LogP) is 1.00. The van der Waals surface area contributed by atoms with E-state index in [1.165, 1.54) is 30.9 Å². The van der Waals surface area contributed by atoms with Crippen LogP contribution >= 0.6 is 0 Å². The molecule has 3 rings (SSSR count). The zero-order chi connectivity index (χ0) is 18.8. The van der Waals surface area contributed by atoms with Gasteiger partial charge in [0, 0.05) is 40.2 Å². The number of aromatic nitrogens is 4. The SMILES string of the molecule is CN(C(=O)CCCn1cnc2c1c(=O)n(C)c(=O)n2C)C1CCCCC1. The van der Waals surface area contributed by atoms with Crippen LogP contribution in [0.15, 0.2) is 15.9 Å². The Kier molecular flexibility index (Phi) is 5.29. The Balaban J connectivity index is 1.68. The number of fused-ring (bicyclic) bond motifs is 1. The third-order valence-corrected chi connectivity index (χ3v) is 5.52. The molecule has 8 heteroatoms. The molecule has 2 aromatic rings. The molecule has 1 saturated carbocycles. The van der Waals surface area contributed by atoms with Crippen molar-refractivity contribution >= 4 is 17.1 Å². The number of amides is 1. The van der Waals surface area contributed by atoms with Gasteiger partial charge in [-0.05, 0) is 19.3 Å². The van der Waals surface area contributed by atoms with Crippen LogP contribution in [0.1, 0.15) is 44.9 Å². The van der Waals surface area contributed by atoms with Crippen LogP contribution in [0.2, 0.25) is 0 Å². The standard InChI is InChI=1S/C18H27N5O3/c1-20(13-8-5-4-6-9-13)14(24)10-7-11-23-12-19-16-15(23)17(25)22(3)18(26)21(16)2/h12-13H,4-11H2,1-3H3. The minimum Gasteiger partial charge on any atom is -0.343 e. The number of aryl methyl sites for hydroxylation is 2. The lowest BCUT2D eigenvalue weighted by atomic mass is 9.94. The van der Waals surface area contributed by atoms with Gasteiger partial charge in [0.05, 0.1) is 6.33 Å². The molecule has 26 heavy (non-hydrogen) atoms. The summed E-state index contributed by atoms with van der Waals surface area (Å²) < 4.78 is 4.20. The smallest absolute Gasteiger partial charge is 0.332 e. The fraction of sp³-hybridized carbons (Fsp3) is 0.667. The van der Waals surface area contributed by atoms with Gasteiger partial charge >= 0.3 is 5.69 Å². The lowest BCUT2D eigenvalue weighted by molar-refractivity contribution is -0.132. The fourth-order valence-corrected chi connectivity index (χ4v) is 3.82. The molecule has 1 fully saturated rings. The molecule has 0 atom stereocenters. The molecule has 2 aromatic heterocycles. The van der Waals surface area contributed by atoms with Crippen molar-refractivity contribution in [1.29, 1.82) is 0 Å². The first-order valence-electron chi connectivity index (χ1n) is 9.28. The van der Waals surface area contributed by atoms with Crippen molar-refractivity contribution in [3.63, 3.8) is 0 Å². The average molecular weight is 361 g/mol. The Morgan fingerprint density at radius 2 is 1.88 bits per heavy atom. The Hall–Kier alpha value is -2.38. The first-order chi connectivity index (χ1) is 12.4. The van der Waals surface area contributed by atoms with Gasteiger partial charge in [-0.2, -0.15) is 0 Å². The van der Waals surface area contributed by atoms with E-state index in [4.69, 9.17) is 0 Å². The minimum atomic E-state index is -0.392. The van der Waals surface area contributed by atoms with Crippen molar-refractivity contribution in [2.24, 2.45) is 14.1 Å². The van der Waals surface area contributed by atoms with Crippen molar-refractivity contribution in [2.45, 2.75) is 57.5 Å². The number of carbonyl (C=O) groups excluding carboxylic acids is 1. The van der Waals surface area contributed by atoms with Gasteiger partial charge in [0.1, 0.15) is 0 Å². The van der Waals surface area contributed by atoms with E-state index >= 15 is 0 Å². The molecule has 0 radical (unpaired) electrons. The molecule has 0 bridgehead atoms. The lowest BCUT2D eigenvalue weighted by Crippen LogP contribution is -2.38. The summed E-state index contributed by atoms with van der Waals surface area (Å²) >= 11 is 0. The molecule has 0 N–H and O–H groups in total. The third-order valence-electron chi connectivity index (χ3n) is 5.52. The van der Waals surface area contributed by atoms with Crippen molar-refractivity contribution in [3.05, 3.63) is 27.2 Å². The lowest BCUT2D eigenvalue weighted by Gasteiger charge is -2.31. The zero-order valence-corrected chi connectivity index (χ0v) is 15.8. The van der Waals surface area contributed by atoms with E-state index in [2.05, 4.69) is 4.98 Å². The molecule has 142 valence electrons. The van der Waals surface area contributed by atoms with Crippen LogP contribution in [0.25, 0.3) is 11.2 Å². The first kappa shape index (κ1) is 18.4. The number of imidazole rings is 1. The maximum atomic E-state index is 12.4. The van der Waals surface area contributed by atoms with Crippen LogP contribution in [0, 0.1) is 0 Å². The molecule has 1 aliphatic carbocycles. The zero-order valence-electron chi connectivity index (χ0n) is 15.8. The van der Waals surface area contributed by atoms with E-state index in [-0.39, 0.29) is 11.5 Å². The van der Waals surface area contributed by atoms with Crippen LogP contribution in [-0.4, -0.2) is 42.6 Å². The molecule has 0 aliphatic heterocycles. The molecule has 0 unspecified atom stereocenters. The van der Waals surface area contributed by atoms with Gasteiger partial charge in [0.2, 0.25) is 5.91 Å². The second kappa shape index (κ2) is 7.47. The average Bonchev–Trinajstić information content (AvgIpc) is 3.08. The van der Waals surface area contributed by atoms with E-state index in [0.717, 1.165) is 17.4 Å². The minimum absolute atomic E-state index is 0.154. The number of rotatable bonds is 5. The largest absolute Gasteiger partial charge is 0.343 e. The maximum Gasteiger partial charge on any atom is 0.332 e. The van der Waals surface area contributed by atoms with E-state index in [1.807, 2.05) is 11.9 Å². The summed E-state index contributed by atoms with van der Waals surface area (Å²) in [6, 6.07) is 0.368. The summed E-state index contributed by atoms with van der Waals surface area (Å²) in [4.78, 5) is 42.9. The number of nitrogens with zero attached hydrogens (tertiary/aromatic N) is 5. The van der Waals surface area contributed by atoms with Gasteiger partial charge in [-0.25, -0.2) is 9.78 Å². The van der Waals surface area contributed by atoms with Crippen LogP contribution in [0.5, 0.6) is 0 Å². The highest BCUT2D eigenvalue weighted by atomic mass is 16.2. The molecular weight excluding hydrogens is 334 g/mol. The van der Waals surface area contributed by atoms with Gasteiger partial charge in [-0.1, -0.05) is 19.3 Å². The number of hydrogen-bond donors (Lipinski definition) is 0. The Morgan fingerprint density at radius 3 is 2.58 bits per heavy atom. The van der Waals surface area contributed by atoms with E-state index in [0.29, 0.717) is 36.6 Å². The second-order valence-electron chi connectivity index (χ2n) is 7.22. The van der Waals surface area contributed by atoms with Crippen molar-refractivity contribution in [1.82, 2.24) is 23.6 Å². The summed E-state index contributed by atoms with van der Waals surface area (Å²) in [6.07, 6.45) is 8.50. The summed E-state index contributed by atoms with van der Waals surface area (Å²) in [6.45, 7) is 0.522.